The maximum atomic E-state index is 11.6. The number of rotatable bonds is 2. The second kappa shape index (κ2) is 4.49. The van der Waals surface area contributed by atoms with E-state index < -0.39 is 11.5 Å². The van der Waals surface area contributed by atoms with E-state index in [-0.39, 0.29) is 17.3 Å². The van der Waals surface area contributed by atoms with E-state index in [0.717, 1.165) is 0 Å². The Morgan fingerprint density at radius 2 is 2.20 bits per heavy atom. The fourth-order valence-electron chi connectivity index (χ4n) is 1.68. The largest absolute Gasteiger partial charge is 0.378 e. The van der Waals surface area contributed by atoms with Crippen molar-refractivity contribution in [2.24, 2.45) is 5.73 Å². The number of carbonyl (C=O) groups excluding carboxylic acids is 2. The maximum absolute atomic E-state index is 11.6. The Kier molecular flexibility index (Phi) is 3.72. The Morgan fingerprint density at radius 1 is 1.60 bits per heavy atom. The van der Waals surface area contributed by atoms with E-state index in [4.69, 9.17) is 5.73 Å². The molecule has 1 aliphatic heterocycles. The van der Waals surface area contributed by atoms with Gasteiger partial charge >= 0.3 is 0 Å². The Labute approximate surface area is 96.7 Å². The van der Waals surface area contributed by atoms with E-state index in [2.05, 4.69) is 15.9 Å². The summed E-state index contributed by atoms with van der Waals surface area (Å²) >= 11 is 3.16. The molecule has 1 fully saturated rings. The molecule has 0 spiro atoms. The van der Waals surface area contributed by atoms with Crippen LogP contribution in [0.2, 0.25) is 0 Å². The highest BCUT2D eigenvalue weighted by molar-refractivity contribution is 9.10. The molecule has 1 saturated heterocycles. The molecule has 2 unspecified atom stereocenters. The quantitative estimate of drug-likeness (QED) is 0.675. The van der Waals surface area contributed by atoms with Gasteiger partial charge in [0.05, 0.1) is 11.4 Å². The Morgan fingerprint density at radius 3 is 2.67 bits per heavy atom. The summed E-state index contributed by atoms with van der Waals surface area (Å²) in [5.74, 6) is -0.892. The summed E-state index contributed by atoms with van der Waals surface area (Å²) in [4.78, 5) is 23.8. The molecule has 2 amide bonds. The van der Waals surface area contributed by atoms with Crippen LogP contribution < -0.4 is 5.73 Å². The van der Waals surface area contributed by atoms with Crippen molar-refractivity contribution >= 4 is 27.7 Å². The number of alkyl halides is 1. The first kappa shape index (κ1) is 12.4. The molecule has 1 aliphatic rings. The molecule has 5 nitrogen and oxygen atoms in total. The van der Waals surface area contributed by atoms with Crippen molar-refractivity contribution in [3.8, 4) is 0 Å². The van der Waals surface area contributed by atoms with Gasteiger partial charge in [0.1, 0.15) is 0 Å². The number of nitrogens with zero attached hydrogens (tertiary/aromatic N) is 1. The molecule has 0 aromatic rings. The number of nitrogens with two attached hydrogens (primary N) is 1. The second-order valence-corrected chi connectivity index (χ2v) is 5.25. The van der Waals surface area contributed by atoms with Gasteiger partial charge in [0.2, 0.25) is 5.91 Å². The second-order valence-electron chi connectivity index (χ2n) is 3.88. The molecule has 3 N–H and O–H groups in total. The lowest BCUT2D eigenvalue weighted by atomic mass is 9.92. The molecule has 0 aromatic heterocycles. The molecule has 0 radical (unpaired) electrons. The lowest BCUT2D eigenvalue weighted by molar-refractivity contribution is -0.148. The Hall–Kier alpha value is -0.620. The predicted octanol–water partition coefficient (Wildman–Crippen LogP) is -0.391. The third-order valence-electron chi connectivity index (χ3n) is 2.58. The number of primary amides is 1. The van der Waals surface area contributed by atoms with Crippen LogP contribution in [-0.2, 0) is 9.59 Å². The van der Waals surface area contributed by atoms with E-state index in [0.29, 0.717) is 19.4 Å². The van der Waals surface area contributed by atoms with E-state index in [1.54, 1.807) is 6.92 Å². The van der Waals surface area contributed by atoms with Crippen LogP contribution in [0.5, 0.6) is 0 Å². The van der Waals surface area contributed by atoms with Crippen molar-refractivity contribution < 1.29 is 14.7 Å². The molecule has 0 aromatic carbocycles. The minimum Gasteiger partial charge on any atom is -0.378 e. The molecular weight excluding hydrogens is 264 g/mol. The molecule has 0 saturated carbocycles. The number of aliphatic hydroxyl groups is 1. The van der Waals surface area contributed by atoms with Crippen molar-refractivity contribution in [1.82, 2.24) is 4.90 Å². The SMILES string of the molecule is CC(Br)C(=O)N1CCCC(O)(C(N)=O)C1. The maximum Gasteiger partial charge on any atom is 0.251 e. The van der Waals surface area contributed by atoms with Crippen molar-refractivity contribution in [3.05, 3.63) is 0 Å². The van der Waals surface area contributed by atoms with Crippen LogP contribution in [-0.4, -0.2) is 45.3 Å². The molecule has 86 valence electrons. The van der Waals surface area contributed by atoms with Crippen molar-refractivity contribution in [2.45, 2.75) is 30.2 Å². The third-order valence-corrected chi connectivity index (χ3v) is 2.97. The van der Waals surface area contributed by atoms with Gasteiger partial charge in [-0.15, -0.1) is 0 Å². The fraction of sp³-hybridized carbons (Fsp3) is 0.778. The zero-order chi connectivity index (χ0) is 11.6. The molecule has 6 heteroatoms. The summed E-state index contributed by atoms with van der Waals surface area (Å²) in [7, 11) is 0. The van der Waals surface area contributed by atoms with E-state index in [1.165, 1.54) is 4.90 Å². The zero-order valence-electron chi connectivity index (χ0n) is 8.57. The molecular formula is C9H15BrN2O3. The van der Waals surface area contributed by atoms with Gasteiger partial charge in [0, 0.05) is 6.54 Å². The normalized spacial score (nSPS) is 28.6. The number of carbonyl (C=O) groups is 2. The number of hydrogen-bond donors (Lipinski definition) is 2. The van der Waals surface area contributed by atoms with Gasteiger partial charge < -0.3 is 15.7 Å². The van der Waals surface area contributed by atoms with E-state index >= 15 is 0 Å². The monoisotopic (exact) mass is 278 g/mol. The van der Waals surface area contributed by atoms with Crippen LogP contribution in [0, 0.1) is 0 Å². The van der Waals surface area contributed by atoms with Gasteiger partial charge in [-0.2, -0.15) is 0 Å². The van der Waals surface area contributed by atoms with Crippen molar-refractivity contribution in [1.29, 1.82) is 0 Å². The van der Waals surface area contributed by atoms with Crippen molar-refractivity contribution in [2.75, 3.05) is 13.1 Å². The van der Waals surface area contributed by atoms with Gasteiger partial charge in [0.15, 0.2) is 5.60 Å². The van der Waals surface area contributed by atoms with E-state index in [9.17, 15) is 14.7 Å². The lowest BCUT2D eigenvalue weighted by Gasteiger charge is -2.37. The number of piperidine rings is 1. The fourth-order valence-corrected chi connectivity index (χ4v) is 1.97. The minimum atomic E-state index is -1.56. The Bertz CT molecular complexity index is 283. The van der Waals surface area contributed by atoms with Gasteiger partial charge in [-0.25, -0.2) is 0 Å². The highest BCUT2D eigenvalue weighted by Gasteiger charge is 2.40. The number of halogens is 1. The summed E-state index contributed by atoms with van der Waals surface area (Å²) in [6.45, 7) is 2.27. The first-order chi connectivity index (χ1) is 6.87. The van der Waals surface area contributed by atoms with Crippen LogP contribution in [0.25, 0.3) is 0 Å². The predicted molar refractivity (Wildman–Crippen MR) is 58.3 cm³/mol. The highest BCUT2D eigenvalue weighted by atomic mass is 79.9. The van der Waals surface area contributed by atoms with Gasteiger partial charge in [-0.05, 0) is 19.8 Å². The number of likely N-dealkylation sites (tertiary alicyclic amines) is 1. The standard InChI is InChI=1S/C9H15BrN2O3/c1-6(10)7(13)12-4-2-3-9(15,5-12)8(11)14/h6,15H,2-5H2,1H3,(H2,11,14). The Balaban J connectivity index is 2.72. The lowest BCUT2D eigenvalue weighted by Crippen LogP contribution is -2.57. The number of hydrogen-bond acceptors (Lipinski definition) is 3. The van der Waals surface area contributed by atoms with Crippen LogP contribution >= 0.6 is 15.9 Å². The average Bonchev–Trinajstić information content (AvgIpc) is 2.16. The summed E-state index contributed by atoms with van der Waals surface area (Å²) in [5.41, 5.74) is 3.54. The topological polar surface area (TPSA) is 83.6 Å². The zero-order valence-corrected chi connectivity index (χ0v) is 10.2. The molecule has 1 heterocycles. The summed E-state index contributed by atoms with van der Waals surface area (Å²) in [6, 6.07) is 0. The number of β-amino-alcohol motifs (C(OH)–C–C–N with tert-alkyl or cyclic N) is 1. The summed E-state index contributed by atoms with van der Waals surface area (Å²) in [5, 5.41) is 9.87. The molecule has 2 atom stereocenters. The van der Waals surface area contributed by atoms with Crippen LogP contribution in [0.1, 0.15) is 19.8 Å². The summed E-state index contributed by atoms with van der Waals surface area (Å²) < 4.78 is 0. The smallest absolute Gasteiger partial charge is 0.251 e. The molecule has 15 heavy (non-hydrogen) atoms. The first-order valence-corrected chi connectivity index (χ1v) is 5.73. The highest BCUT2D eigenvalue weighted by Crippen LogP contribution is 2.22. The van der Waals surface area contributed by atoms with Crippen LogP contribution in [0.4, 0.5) is 0 Å². The van der Waals surface area contributed by atoms with Crippen LogP contribution in [0.3, 0.4) is 0 Å². The first-order valence-electron chi connectivity index (χ1n) is 4.82. The van der Waals surface area contributed by atoms with Crippen molar-refractivity contribution in [3.63, 3.8) is 0 Å². The molecule has 1 rings (SSSR count). The van der Waals surface area contributed by atoms with Crippen LogP contribution in [0.15, 0.2) is 0 Å². The minimum absolute atomic E-state index is 0.00287. The number of amides is 2. The van der Waals surface area contributed by atoms with E-state index in [1.807, 2.05) is 0 Å². The molecule has 0 aliphatic carbocycles. The van der Waals surface area contributed by atoms with Gasteiger partial charge in [0.25, 0.3) is 5.91 Å². The van der Waals surface area contributed by atoms with Gasteiger partial charge in [-0.1, -0.05) is 15.9 Å². The molecule has 0 bridgehead atoms. The van der Waals surface area contributed by atoms with Gasteiger partial charge in [-0.3, -0.25) is 9.59 Å². The third kappa shape index (κ3) is 2.69. The summed E-state index contributed by atoms with van der Waals surface area (Å²) in [6.07, 6.45) is 0.910. The average molecular weight is 279 g/mol.